The summed E-state index contributed by atoms with van der Waals surface area (Å²) in [7, 11) is 0. The van der Waals surface area contributed by atoms with Crippen molar-refractivity contribution in [3.05, 3.63) is 47.1 Å². The fourth-order valence-corrected chi connectivity index (χ4v) is 1.59. The number of carbonyl (C=O) groups is 1. The lowest BCUT2D eigenvalue weighted by molar-refractivity contribution is 0.253. The number of nitrogens with one attached hydrogen (secondary N) is 1. The summed E-state index contributed by atoms with van der Waals surface area (Å²) in [5.41, 5.74) is 13.9. The molecule has 0 spiro atoms. The summed E-state index contributed by atoms with van der Waals surface area (Å²) in [6.45, 7) is 0. The zero-order chi connectivity index (χ0) is 14.8. The summed E-state index contributed by atoms with van der Waals surface area (Å²) >= 11 is 5.99. The van der Waals surface area contributed by atoms with Gasteiger partial charge in [0.25, 0.3) is 0 Å². The fourth-order valence-electron chi connectivity index (χ4n) is 1.38. The van der Waals surface area contributed by atoms with Crippen LogP contribution in [0, 0.1) is 0 Å². The van der Waals surface area contributed by atoms with Crippen molar-refractivity contribution in [2.45, 2.75) is 19.3 Å². The van der Waals surface area contributed by atoms with E-state index in [1.165, 1.54) is 6.20 Å². The number of carbonyl (C=O) groups excluding carboxylic acids is 1. The topological polar surface area (TPSA) is 106 Å². The predicted molar refractivity (Wildman–Crippen MR) is 79.2 cm³/mol. The van der Waals surface area contributed by atoms with Crippen LogP contribution in [0.2, 0.25) is 5.02 Å². The number of rotatable bonds is 5. The molecule has 0 bridgehead atoms. The van der Waals surface area contributed by atoms with Crippen molar-refractivity contribution in [2.24, 2.45) is 16.5 Å². The van der Waals surface area contributed by atoms with Crippen molar-refractivity contribution < 1.29 is 4.79 Å². The van der Waals surface area contributed by atoms with Gasteiger partial charge in [0.05, 0.1) is 16.9 Å². The normalized spacial score (nSPS) is 10.6. The van der Waals surface area contributed by atoms with Gasteiger partial charge in [0.2, 0.25) is 5.96 Å². The third-order valence-corrected chi connectivity index (χ3v) is 2.59. The number of hydrogen-bond donors (Lipinski definition) is 3. The monoisotopic (exact) mass is 293 g/mol. The van der Waals surface area contributed by atoms with Gasteiger partial charge >= 0.3 is 6.03 Å². The molecular weight excluding hydrogens is 278 g/mol. The molecule has 0 saturated heterocycles. The van der Waals surface area contributed by atoms with Gasteiger partial charge < -0.3 is 11.5 Å². The molecule has 1 rings (SSSR count). The molecular formula is C13H16ClN5O. The summed E-state index contributed by atoms with van der Waals surface area (Å²) in [5, 5.41) is 2.81. The van der Waals surface area contributed by atoms with Crippen molar-refractivity contribution in [3.8, 4) is 0 Å². The zero-order valence-corrected chi connectivity index (χ0v) is 11.6. The summed E-state index contributed by atoms with van der Waals surface area (Å²) in [6.07, 6.45) is 7.40. The number of allylic oxidation sites excluding steroid dienone is 1. The summed E-state index contributed by atoms with van der Waals surface area (Å²) in [5.74, 6) is -0.0707. The average molecular weight is 294 g/mol. The number of nitrogens with zero attached hydrogens (tertiary/aromatic N) is 2. The second-order valence-electron chi connectivity index (χ2n) is 3.83. The van der Waals surface area contributed by atoms with Gasteiger partial charge in [0, 0.05) is 6.20 Å². The molecule has 20 heavy (non-hydrogen) atoms. The number of urea groups is 1. The number of pyridine rings is 1. The van der Waals surface area contributed by atoms with Crippen LogP contribution >= 0.6 is 11.6 Å². The number of halogens is 1. The molecule has 7 heteroatoms. The van der Waals surface area contributed by atoms with Crippen LogP contribution in [0.1, 0.15) is 18.5 Å². The number of aryl methyl sites for hydroxylation is 1. The number of aliphatic imine (C=N–C) groups is 1. The Morgan fingerprint density at radius 2 is 2.35 bits per heavy atom. The van der Waals surface area contributed by atoms with E-state index >= 15 is 0 Å². The minimum absolute atomic E-state index is 0.0707. The highest BCUT2D eigenvalue weighted by Gasteiger charge is 1.98. The number of unbranched alkanes of at least 4 members (excludes halogenated alkanes) is 1. The molecule has 2 amide bonds. The van der Waals surface area contributed by atoms with E-state index in [-0.39, 0.29) is 5.96 Å². The van der Waals surface area contributed by atoms with Gasteiger partial charge in [-0.1, -0.05) is 11.6 Å². The third kappa shape index (κ3) is 6.58. The Balaban J connectivity index is 2.32. The van der Waals surface area contributed by atoms with Crippen molar-refractivity contribution in [1.82, 2.24) is 10.3 Å². The summed E-state index contributed by atoms with van der Waals surface area (Å²) < 4.78 is 0. The van der Waals surface area contributed by atoms with Gasteiger partial charge in [0.1, 0.15) is 0 Å². The Bertz CT molecular complexity index is 549. The van der Waals surface area contributed by atoms with Crippen molar-refractivity contribution >= 4 is 23.6 Å². The fraction of sp³-hybridized carbons (Fsp3) is 0.231. The summed E-state index contributed by atoms with van der Waals surface area (Å²) in [4.78, 5) is 18.4. The van der Waals surface area contributed by atoms with E-state index in [9.17, 15) is 4.79 Å². The van der Waals surface area contributed by atoms with Crippen LogP contribution < -0.4 is 16.8 Å². The molecule has 6 nitrogen and oxygen atoms in total. The number of nitrogens with two attached hydrogens (primary N) is 2. The van der Waals surface area contributed by atoms with E-state index in [1.54, 1.807) is 12.3 Å². The maximum atomic E-state index is 10.4. The smallest absolute Gasteiger partial charge is 0.318 e. The van der Waals surface area contributed by atoms with E-state index < -0.39 is 6.03 Å². The maximum Gasteiger partial charge on any atom is 0.318 e. The van der Waals surface area contributed by atoms with Gasteiger partial charge in [-0.2, -0.15) is 0 Å². The molecule has 0 fully saturated rings. The Hall–Kier alpha value is -2.30. The van der Waals surface area contributed by atoms with E-state index in [0.717, 1.165) is 25.0 Å². The van der Waals surface area contributed by atoms with Gasteiger partial charge in [-0.15, -0.1) is 5.73 Å². The molecule has 106 valence electrons. The Morgan fingerprint density at radius 3 is 3.05 bits per heavy atom. The number of amides is 2. The lowest BCUT2D eigenvalue weighted by atomic mass is 10.2. The third-order valence-electron chi connectivity index (χ3n) is 2.24. The molecule has 1 heterocycles. The first-order chi connectivity index (χ1) is 9.59. The highest BCUT2D eigenvalue weighted by Crippen LogP contribution is 2.14. The average Bonchev–Trinajstić information content (AvgIpc) is 2.38. The lowest BCUT2D eigenvalue weighted by Crippen LogP contribution is -2.39. The first-order valence-corrected chi connectivity index (χ1v) is 6.36. The predicted octanol–water partition coefficient (Wildman–Crippen LogP) is 1.71. The minimum atomic E-state index is -0.754. The highest BCUT2D eigenvalue weighted by atomic mass is 35.5. The number of guanidine groups is 1. The molecule has 0 saturated carbocycles. The lowest BCUT2D eigenvalue weighted by Gasteiger charge is -2.00. The SMILES string of the molecule is NC(=O)NC(N)=NC=C=CCCCc1ncccc1Cl. The van der Waals surface area contributed by atoms with Crippen molar-refractivity contribution in [1.29, 1.82) is 0 Å². The van der Waals surface area contributed by atoms with Gasteiger partial charge in [-0.25, -0.2) is 9.79 Å². The molecule has 1 aromatic heterocycles. The molecule has 0 unspecified atom stereocenters. The molecule has 0 aliphatic carbocycles. The van der Waals surface area contributed by atoms with Gasteiger partial charge in [0.15, 0.2) is 0 Å². The second-order valence-corrected chi connectivity index (χ2v) is 4.23. The van der Waals surface area contributed by atoms with Crippen LogP contribution in [-0.4, -0.2) is 17.0 Å². The second kappa shape index (κ2) is 8.74. The number of primary amides is 1. The Labute approximate surface area is 122 Å². The Morgan fingerprint density at radius 1 is 1.55 bits per heavy atom. The zero-order valence-electron chi connectivity index (χ0n) is 10.8. The highest BCUT2D eigenvalue weighted by molar-refractivity contribution is 6.31. The number of aromatic nitrogens is 1. The first-order valence-electron chi connectivity index (χ1n) is 5.98. The first kappa shape index (κ1) is 15.8. The molecule has 1 aromatic rings. The van der Waals surface area contributed by atoms with Crippen LogP contribution in [0.25, 0.3) is 0 Å². The minimum Gasteiger partial charge on any atom is -0.369 e. The summed E-state index contributed by atoms with van der Waals surface area (Å²) in [6, 6.07) is 2.87. The van der Waals surface area contributed by atoms with Gasteiger partial charge in [-0.3, -0.25) is 10.3 Å². The van der Waals surface area contributed by atoms with Gasteiger partial charge in [-0.05, 0) is 37.5 Å². The van der Waals surface area contributed by atoms with Crippen LogP contribution in [-0.2, 0) is 6.42 Å². The largest absolute Gasteiger partial charge is 0.369 e. The van der Waals surface area contributed by atoms with Crippen LogP contribution in [0.15, 0.2) is 41.3 Å². The molecule has 0 aromatic carbocycles. The van der Waals surface area contributed by atoms with E-state index in [0.29, 0.717) is 5.02 Å². The van der Waals surface area contributed by atoms with E-state index in [1.807, 2.05) is 12.1 Å². The quantitative estimate of drug-likeness (QED) is 0.333. The Kier molecular flexibility index (Phi) is 6.89. The molecule has 5 N–H and O–H groups in total. The molecule has 0 atom stereocenters. The maximum absolute atomic E-state index is 10.4. The van der Waals surface area contributed by atoms with Crippen LogP contribution in [0.4, 0.5) is 4.79 Å². The van der Waals surface area contributed by atoms with Crippen molar-refractivity contribution in [3.63, 3.8) is 0 Å². The molecule has 0 aliphatic rings. The standard InChI is InChI=1S/C13H16ClN5O/c14-10-6-5-9-17-11(10)7-3-1-2-4-8-18-12(15)19-13(16)20/h2,5-6,8-9H,1,3,7H2,(H5,15,16,18,19,20). The van der Waals surface area contributed by atoms with Crippen LogP contribution in [0.3, 0.4) is 0 Å². The van der Waals surface area contributed by atoms with Crippen LogP contribution in [0.5, 0.6) is 0 Å². The molecule has 0 radical (unpaired) electrons. The molecule has 0 aliphatic heterocycles. The van der Waals surface area contributed by atoms with Crippen molar-refractivity contribution in [2.75, 3.05) is 0 Å². The van der Waals surface area contributed by atoms with E-state index in [2.05, 4.69) is 21.0 Å². The number of hydrogen-bond acceptors (Lipinski definition) is 3. The van der Waals surface area contributed by atoms with E-state index in [4.69, 9.17) is 23.1 Å².